The lowest BCUT2D eigenvalue weighted by molar-refractivity contribution is -0.166. The third kappa shape index (κ3) is 3.38. The lowest BCUT2D eigenvalue weighted by Gasteiger charge is -2.56. The molecule has 4 aliphatic carbocycles. The summed E-state index contributed by atoms with van der Waals surface area (Å²) in [4.78, 5) is 28.3. The molecule has 1 aromatic rings. The van der Waals surface area contributed by atoms with Crippen molar-refractivity contribution in [1.82, 2.24) is 4.90 Å². The van der Waals surface area contributed by atoms with E-state index >= 15 is 0 Å². The van der Waals surface area contributed by atoms with E-state index in [1.165, 1.54) is 38.5 Å². The Kier molecular flexibility index (Phi) is 4.98. The number of hydrogen-bond acceptors (Lipinski definition) is 4. The van der Waals surface area contributed by atoms with Gasteiger partial charge in [-0.25, -0.2) is 9.18 Å². The number of rotatable bonds is 5. The second-order valence-electron chi connectivity index (χ2n) is 9.93. The summed E-state index contributed by atoms with van der Waals surface area (Å²) >= 11 is 0. The van der Waals surface area contributed by atoms with E-state index in [9.17, 15) is 14.0 Å². The molecule has 4 bridgehead atoms. The number of nitrogens with zero attached hydrogens (tertiary/aromatic N) is 1. The van der Waals surface area contributed by atoms with Crippen molar-refractivity contribution in [2.45, 2.75) is 64.0 Å². The largest absolute Gasteiger partial charge is 0.494 e. The van der Waals surface area contributed by atoms with Gasteiger partial charge < -0.3 is 14.4 Å². The molecule has 1 amide bonds. The molecule has 6 rings (SSSR count). The molecule has 5 nitrogen and oxygen atoms in total. The first kappa shape index (κ1) is 19.8. The molecule has 162 valence electrons. The zero-order chi connectivity index (χ0) is 20.9. The van der Waals surface area contributed by atoms with Gasteiger partial charge in [0.05, 0.1) is 12.5 Å². The Morgan fingerprint density at radius 1 is 1.13 bits per heavy atom. The number of carbonyl (C=O) groups excluding carboxylic acids is 2. The molecule has 1 heterocycles. The number of methoxy groups -OCH3 is 1. The number of benzene rings is 1. The van der Waals surface area contributed by atoms with Gasteiger partial charge in [0.25, 0.3) is 0 Å². The topological polar surface area (TPSA) is 55.8 Å². The zero-order valence-electron chi connectivity index (χ0n) is 17.6. The molecule has 1 aliphatic heterocycles. The Morgan fingerprint density at radius 2 is 1.80 bits per heavy atom. The van der Waals surface area contributed by atoms with Crippen LogP contribution in [0, 0.1) is 29.0 Å². The van der Waals surface area contributed by atoms with Gasteiger partial charge in [0.15, 0.2) is 11.6 Å². The van der Waals surface area contributed by atoms with Crippen LogP contribution in [-0.2, 0) is 20.9 Å². The molecule has 0 N–H and O–H groups in total. The summed E-state index contributed by atoms with van der Waals surface area (Å²) < 4.78 is 24.3. The number of esters is 1. The van der Waals surface area contributed by atoms with Crippen LogP contribution < -0.4 is 4.74 Å². The second kappa shape index (κ2) is 7.54. The van der Waals surface area contributed by atoms with Crippen LogP contribution in [0.3, 0.4) is 0 Å². The smallest absolute Gasteiger partial charge is 0.329 e. The van der Waals surface area contributed by atoms with Gasteiger partial charge in [-0.2, -0.15) is 0 Å². The normalized spacial score (nSPS) is 34.3. The summed E-state index contributed by atoms with van der Waals surface area (Å²) in [5, 5.41) is 0. The molecule has 0 spiro atoms. The first-order valence-electron chi connectivity index (χ1n) is 11.3. The Morgan fingerprint density at radius 3 is 2.40 bits per heavy atom. The lowest BCUT2D eigenvalue weighted by Crippen LogP contribution is -2.56. The quantitative estimate of drug-likeness (QED) is 0.680. The molecular formula is C24H30FNO4. The molecule has 1 aromatic carbocycles. The second-order valence-corrected chi connectivity index (χ2v) is 9.93. The number of likely N-dealkylation sites (tertiary alicyclic amines) is 1. The highest BCUT2D eigenvalue weighted by atomic mass is 19.1. The SMILES string of the molecule is COc1ccc(COC(=O)C2CCCN2C(=O)C23CC4CC(CC(C4)C2)C3)cc1F. The van der Waals surface area contributed by atoms with Crippen LogP contribution in [0.1, 0.15) is 56.9 Å². The summed E-state index contributed by atoms with van der Waals surface area (Å²) in [5.74, 6) is 1.58. The number of amides is 1. The first-order valence-corrected chi connectivity index (χ1v) is 11.3. The van der Waals surface area contributed by atoms with Crippen LogP contribution in [0.4, 0.5) is 4.39 Å². The van der Waals surface area contributed by atoms with Gasteiger partial charge in [0.1, 0.15) is 12.6 Å². The highest BCUT2D eigenvalue weighted by Gasteiger charge is 2.56. The Balaban J connectivity index is 1.25. The van der Waals surface area contributed by atoms with Gasteiger partial charge in [-0.15, -0.1) is 0 Å². The van der Waals surface area contributed by atoms with Crippen LogP contribution in [-0.4, -0.2) is 36.5 Å². The highest BCUT2D eigenvalue weighted by molar-refractivity contribution is 5.89. The average Bonchev–Trinajstić information content (AvgIpc) is 3.20. The van der Waals surface area contributed by atoms with Gasteiger partial charge in [0.2, 0.25) is 5.91 Å². The molecule has 4 saturated carbocycles. The van der Waals surface area contributed by atoms with E-state index in [-0.39, 0.29) is 29.6 Å². The Labute approximate surface area is 176 Å². The molecule has 5 fully saturated rings. The van der Waals surface area contributed by atoms with Crippen molar-refractivity contribution in [3.05, 3.63) is 29.6 Å². The summed E-state index contributed by atoms with van der Waals surface area (Å²) in [6.45, 7) is 0.632. The lowest BCUT2D eigenvalue weighted by atomic mass is 9.49. The summed E-state index contributed by atoms with van der Waals surface area (Å²) in [7, 11) is 1.41. The van der Waals surface area contributed by atoms with Crippen LogP contribution in [0.2, 0.25) is 0 Å². The maximum atomic E-state index is 13.9. The van der Waals surface area contributed by atoms with E-state index in [1.54, 1.807) is 6.07 Å². The molecule has 30 heavy (non-hydrogen) atoms. The van der Waals surface area contributed by atoms with Crippen LogP contribution in [0.25, 0.3) is 0 Å². The third-order valence-corrected chi connectivity index (χ3v) is 7.87. The monoisotopic (exact) mass is 415 g/mol. The van der Waals surface area contributed by atoms with Gasteiger partial charge in [-0.3, -0.25) is 4.79 Å². The van der Waals surface area contributed by atoms with Crippen molar-refractivity contribution in [3.63, 3.8) is 0 Å². The molecule has 0 radical (unpaired) electrons. The molecule has 1 saturated heterocycles. The predicted octanol–water partition coefficient (Wildman–Crippen LogP) is 4.08. The Bertz CT molecular complexity index is 818. The van der Waals surface area contributed by atoms with Gasteiger partial charge >= 0.3 is 5.97 Å². The zero-order valence-corrected chi connectivity index (χ0v) is 17.6. The Hall–Kier alpha value is -2.11. The van der Waals surface area contributed by atoms with Crippen molar-refractivity contribution in [2.75, 3.05) is 13.7 Å². The highest BCUT2D eigenvalue weighted by Crippen LogP contribution is 2.60. The minimum atomic E-state index is -0.506. The van der Waals surface area contributed by atoms with E-state index < -0.39 is 11.9 Å². The van der Waals surface area contributed by atoms with Crippen LogP contribution in [0.5, 0.6) is 5.75 Å². The number of hydrogen-bond donors (Lipinski definition) is 0. The molecule has 1 unspecified atom stereocenters. The summed E-state index contributed by atoms with van der Waals surface area (Å²) in [6.07, 6.45) is 8.34. The van der Waals surface area contributed by atoms with Crippen molar-refractivity contribution in [2.24, 2.45) is 23.2 Å². The maximum absolute atomic E-state index is 13.9. The molecule has 0 aromatic heterocycles. The van der Waals surface area contributed by atoms with E-state index in [0.717, 1.165) is 25.7 Å². The molecular weight excluding hydrogens is 385 g/mol. The van der Waals surface area contributed by atoms with Gasteiger partial charge in [0, 0.05) is 6.54 Å². The minimum Gasteiger partial charge on any atom is -0.494 e. The average molecular weight is 416 g/mol. The molecule has 5 aliphatic rings. The van der Waals surface area contributed by atoms with Gasteiger partial charge in [-0.05, 0) is 86.8 Å². The van der Waals surface area contributed by atoms with Gasteiger partial charge in [-0.1, -0.05) is 6.07 Å². The van der Waals surface area contributed by atoms with E-state index in [4.69, 9.17) is 9.47 Å². The van der Waals surface area contributed by atoms with E-state index in [0.29, 0.717) is 36.3 Å². The molecule has 6 heteroatoms. The fraction of sp³-hybridized carbons (Fsp3) is 0.667. The van der Waals surface area contributed by atoms with Crippen molar-refractivity contribution >= 4 is 11.9 Å². The van der Waals surface area contributed by atoms with Crippen molar-refractivity contribution in [3.8, 4) is 5.75 Å². The minimum absolute atomic E-state index is 0.00432. The van der Waals surface area contributed by atoms with Crippen LogP contribution in [0.15, 0.2) is 18.2 Å². The first-order chi connectivity index (χ1) is 14.5. The maximum Gasteiger partial charge on any atom is 0.329 e. The van der Waals surface area contributed by atoms with Crippen LogP contribution >= 0.6 is 0 Å². The van der Waals surface area contributed by atoms with E-state index in [1.807, 2.05) is 4.90 Å². The number of carbonyl (C=O) groups is 2. The summed E-state index contributed by atoms with van der Waals surface area (Å²) in [5.41, 5.74) is 0.329. The number of ether oxygens (including phenoxy) is 2. The predicted molar refractivity (Wildman–Crippen MR) is 108 cm³/mol. The number of halogens is 1. The third-order valence-electron chi connectivity index (χ3n) is 7.87. The fourth-order valence-corrected chi connectivity index (χ4v) is 6.98. The fourth-order valence-electron chi connectivity index (χ4n) is 6.98. The molecule has 1 atom stereocenters. The standard InChI is InChI=1S/C24H30FNO4/c1-29-21-5-4-15(10-19(21)25)14-30-22(27)20-3-2-6-26(20)23(28)24-11-16-7-17(12-24)9-18(8-16)13-24/h4-5,10,16-18,20H,2-3,6-9,11-14H2,1H3. The van der Waals surface area contributed by atoms with Crippen molar-refractivity contribution in [1.29, 1.82) is 0 Å². The summed E-state index contributed by atoms with van der Waals surface area (Å²) in [6, 6.07) is 4.02. The van der Waals surface area contributed by atoms with E-state index in [2.05, 4.69) is 0 Å². The van der Waals surface area contributed by atoms with Crippen molar-refractivity contribution < 1.29 is 23.5 Å².